The number of hydrogen-bond acceptors (Lipinski definition) is 3. The lowest BCUT2D eigenvalue weighted by Crippen LogP contribution is -2.47. The summed E-state index contributed by atoms with van der Waals surface area (Å²) in [6, 6.07) is -1.11. The Hall–Kier alpha value is -1.11. The maximum Gasteiger partial charge on any atom is 0.326 e. The number of aliphatic carboxylic acids is 1. The van der Waals surface area contributed by atoms with Crippen molar-refractivity contribution in [2.45, 2.75) is 31.1 Å². The topological polar surface area (TPSA) is 86.7 Å². The van der Waals surface area contributed by atoms with Gasteiger partial charge < -0.3 is 15.3 Å². The van der Waals surface area contributed by atoms with E-state index in [9.17, 15) is 13.8 Å². The molecule has 3 atom stereocenters. The van der Waals surface area contributed by atoms with Gasteiger partial charge in [-0.2, -0.15) is 0 Å². The maximum absolute atomic E-state index is 11.7. The minimum Gasteiger partial charge on any atom is -0.480 e. The number of nitrogens with one attached hydrogen (secondary N) is 1. The molecule has 0 radical (unpaired) electrons. The quantitative estimate of drug-likeness (QED) is 0.747. The summed E-state index contributed by atoms with van der Waals surface area (Å²) < 4.78 is 11.1. The molecule has 98 valence electrons. The Morgan fingerprint density at radius 3 is 2.76 bits per heavy atom. The highest BCUT2D eigenvalue weighted by Crippen LogP contribution is 2.17. The van der Waals surface area contributed by atoms with E-state index in [0.717, 1.165) is 0 Å². The largest absolute Gasteiger partial charge is 0.480 e. The molecule has 0 spiro atoms. The van der Waals surface area contributed by atoms with Gasteiger partial charge in [0, 0.05) is 35.4 Å². The highest BCUT2D eigenvalue weighted by Gasteiger charge is 2.33. The van der Waals surface area contributed by atoms with Crippen molar-refractivity contribution < 1.29 is 18.9 Å². The van der Waals surface area contributed by atoms with Gasteiger partial charge in [0.2, 0.25) is 0 Å². The number of nitrogens with zero attached hydrogens (tertiary/aromatic N) is 1. The molecule has 1 saturated heterocycles. The van der Waals surface area contributed by atoms with Crippen molar-refractivity contribution in [2.75, 3.05) is 19.3 Å². The standard InChI is InChI=1S/C10H18N2O4S/c1-7(17(2)16)6-11-10(15)12-5-3-4-8(12)9(13)14/h7-8H,3-6H2,1-2H3,(H,11,15)(H,13,14)/t7?,8-,17?/m1/s1. The van der Waals surface area contributed by atoms with Gasteiger partial charge in [0.15, 0.2) is 0 Å². The zero-order chi connectivity index (χ0) is 13.0. The van der Waals surface area contributed by atoms with E-state index in [-0.39, 0.29) is 11.3 Å². The first-order valence-corrected chi connectivity index (χ1v) is 7.15. The van der Waals surface area contributed by atoms with Crippen LogP contribution >= 0.6 is 0 Å². The highest BCUT2D eigenvalue weighted by molar-refractivity contribution is 7.84. The fourth-order valence-electron chi connectivity index (χ4n) is 1.72. The van der Waals surface area contributed by atoms with Crippen molar-refractivity contribution >= 4 is 22.8 Å². The summed E-state index contributed by atoms with van der Waals surface area (Å²) in [5.74, 6) is -0.968. The highest BCUT2D eigenvalue weighted by atomic mass is 32.2. The molecule has 2 amide bonds. The molecule has 0 aromatic heterocycles. The van der Waals surface area contributed by atoms with Crippen LogP contribution in [0.3, 0.4) is 0 Å². The van der Waals surface area contributed by atoms with Crippen LogP contribution in [-0.2, 0) is 15.6 Å². The van der Waals surface area contributed by atoms with Gasteiger partial charge in [-0.05, 0) is 19.8 Å². The molecule has 0 bridgehead atoms. The molecule has 1 aliphatic heterocycles. The van der Waals surface area contributed by atoms with E-state index in [4.69, 9.17) is 5.11 Å². The van der Waals surface area contributed by atoms with E-state index in [1.54, 1.807) is 13.2 Å². The number of carboxylic acid groups (broad SMARTS) is 1. The zero-order valence-corrected chi connectivity index (χ0v) is 10.8. The second kappa shape index (κ2) is 6.00. The van der Waals surface area contributed by atoms with Crippen LogP contribution in [0.15, 0.2) is 0 Å². The number of urea groups is 1. The van der Waals surface area contributed by atoms with Gasteiger partial charge in [0.05, 0.1) is 0 Å². The van der Waals surface area contributed by atoms with E-state index in [1.807, 2.05) is 0 Å². The van der Waals surface area contributed by atoms with E-state index < -0.39 is 22.8 Å². The molecule has 0 saturated carbocycles. The number of carboxylic acids is 1. The average molecular weight is 262 g/mol. The first kappa shape index (κ1) is 14.0. The van der Waals surface area contributed by atoms with Crippen molar-refractivity contribution in [1.29, 1.82) is 0 Å². The Bertz CT molecular complexity index is 334. The molecule has 17 heavy (non-hydrogen) atoms. The van der Waals surface area contributed by atoms with Crippen LogP contribution in [0.4, 0.5) is 4.79 Å². The molecular formula is C10H18N2O4S. The van der Waals surface area contributed by atoms with Crippen molar-refractivity contribution in [2.24, 2.45) is 0 Å². The summed E-state index contributed by atoms with van der Waals surface area (Å²) >= 11 is 0. The molecule has 1 fully saturated rings. The molecule has 1 rings (SSSR count). The molecular weight excluding hydrogens is 244 g/mol. The summed E-state index contributed by atoms with van der Waals surface area (Å²) in [6.07, 6.45) is 2.78. The normalized spacial score (nSPS) is 23.2. The Morgan fingerprint density at radius 1 is 1.59 bits per heavy atom. The fraction of sp³-hybridized carbons (Fsp3) is 0.800. The molecule has 2 unspecified atom stereocenters. The van der Waals surface area contributed by atoms with Crippen LogP contribution in [0.1, 0.15) is 19.8 Å². The molecule has 1 heterocycles. The molecule has 0 aromatic carbocycles. The van der Waals surface area contributed by atoms with Crippen molar-refractivity contribution in [1.82, 2.24) is 10.2 Å². The van der Waals surface area contributed by atoms with Gasteiger partial charge in [0.1, 0.15) is 6.04 Å². The van der Waals surface area contributed by atoms with Gasteiger partial charge in [-0.3, -0.25) is 4.21 Å². The van der Waals surface area contributed by atoms with Crippen LogP contribution in [-0.4, -0.2) is 56.9 Å². The second-order valence-corrected chi connectivity index (χ2v) is 5.99. The Balaban J connectivity index is 2.47. The first-order valence-electron chi connectivity index (χ1n) is 5.53. The number of likely N-dealkylation sites (tertiary alicyclic amines) is 1. The lowest BCUT2D eigenvalue weighted by atomic mass is 10.2. The van der Waals surface area contributed by atoms with E-state index in [0.29, 0.717) is 25.9 Å². The van der Waals surface area contributed by atoms with Crippen LogP contribution in [0.2, 0.25) is 0 Å². The van der Waals surface area contributed by atoms with E-state index >= 15 is 0 Å². The van der Waals surface area contributed by atoms with Gasteiger partial charge in [-0.1, -0.05) is 0 Å². The predicted octanol–water partition coefficient (Wildman–Crippen LogP) is 0.0120. The van der Waals surface area contributed by atoms with Crippen molar-refractivity contribution in [3.05, 3.63) is 0 Å². The van der Waals surface area contributed by atoms with Crippen LogP contribution in [0.5, 0.6) is 0 Å². The van der Waals surface area contributed by atoms with E-state index in [2.05, 4.69) is 5.32 Å². The fourth-order valence-corrected chi connectivity index (χ4v) is 2.03. The van der Waals surface area contributed by atoms with Crippen LogP contribution in [0, 0.1) is 0 Å². The summed E-state index contributed by atoms with van der Waals surface area (Å²) in [4.78, 5) is 24.0. The minimum absolute atomic E-state index is 0.134. The summed E-state index contributed by atoms with van der Waals surface area (Å²) in [7, 11) is -0.995. The average Bonchev–Trinajstić information content (AvgIpc) is 2.73. The van der Waals surface area contributed by atoms with E-state index in [1.165, 1.54) is 4.90 Å². The molecule has 0 aliphatic carbocycles. The van der Waals surface area contributed by atoms with Gasteiger partial charge in [-0.25, -0.2) is 9.59 Å². The maximum atomic E-state index is 11.7. The Morgan fingerprint density at radius 2 is 2.24 bits per heavy atom. The molecule has 7 heteroatoms. The van der Waals surface area contributed by atoms with Crippen molar-refractivity contribution in [3.63, 3.8) is 0 Å². The molecule has 1 aliphatic rings. The third-order valence-electron chi connectivity index (χ3n) is 2.91. The molecule has 2 N–H and O–H groups in total. The Labute approximate surface area is 103 Å². The van der Waals surface area contributed by atoms with Gasteiger partial charge in [0.25, 0.3) is 0 Å². The van der Waals surface area contributed by atoms with Gasteiger partial charge >= 0.3 is 12.0 Å². The summed E-state index contributed by atoms with van der Waals surface area (Å²) in [5.41, 5.74) is 0. The van der Waals surface area contributed by atoms with Gasteiger partial charge in [-0.15, -0.1) is 0 Å². The second-order valence-electron chi connectivity index (χ2n) is 4.18. The number of amides is 2. The lowest BCUT2D eigenvalue weighted by molar-refractivity contribution is -0.141. The van der Waals surface area contributed by atoms with Crippen molar-refractivity contribution in [3.8, 4) is 0 Å². The molecule has 0 aromatic rings. The molecule has 6 nitrogen and oxygen atoms in total. The number of carbonyl (C=O) groups excluding carboxylic acids is 1. The minimum atomic E-state index is -0.995. The SMILES string of the molecule is CC(CNC(=O)N1CCC[C@@H]1C(=O)O)S(C)=O. The third-order valence-corrected chi connectivity index (χ3v) is 4.21. The summed E-state index contributed by atoms with van der Waals surface area (Å²) in [5, 5.41) is 11.4. The zero-order valence-electron chi connectivity index (χ0n) is 10.0. The number of carbonyl (C=O) groups is 2. The number of hydrogen-bond donors (Lipinski definition) is 2. The first-order chi connectivity index (χ1) is 7.93. The predicted molar refractivity (Wildman–Crippen MR) is 64.3 cm³/mol. The van der Waals surface area contributed by atoms with Crippen LogP contribution < -0.4 is 5.32 Å². The monoisotopic (exact) mass is 262 g/mol. The Kier molecular flexibility index (Phi) is 4.92. The summed E-state index contributed by atoms with van der Waals surface area (Å²) in [6.45, 7) is 2.53. The van der Waals surface area contributed by atoms with Crippen LogP contribution in [0.25, 0.3) is 0 Å². The third kappa shape index (κ3) is 3.69. The lowest BCUT2D eigenvalue weighted by Gasteiger charge is -2.22. The number of rotatable bonds is 4. The smallest absolute Gasteiger partial charge is 0.326 e.